The van der Waals surface area contributed by atoms with E-state index in [1.807, 2.05) is 14.1 Å². The van der Waals surface area contributed by atoms with Crippen LogP contribution in [-0.4, -0.2) is 58.7 Å². The summed E-state index contributed by atoms with van der Waals surface area (Å²) in [4.78, 5) is 24.7. The number of nitrogens with two attached hydrogens (primary N) is 1. The summed E-state index contributed by atoms with van der Waals surface area (Å²) in [6.45, 7) is 1.47. The number of fused-ring (bicyclic) bond motifs is 1. The Labute approximate surface area is 189 Å². The Kier molecular flexibility index (Phi) is 5.56. The SMILES string of the molecule is CN(C)c1nc2ccc(Cl)cc2n1-c1cccc([C@]2(C)CC(=O)N(CCO)C(N)=N2)c1F. The topological polar surface area (TPSA) is 100.0 Å². The molecule has 4 rings (SSSR count). The van der Waals surface area contributed by atoms with Gasteiger partial charge in [-0.2, -0.15) is 0 Å². The monoisotopic (exact) mass is 458 g/mol. The van der Waals surface area contributed by atoms with E-state index in [0.29, 0.717) is 22.0 Å². The molecule has 0 aliphatic carbocycles. The third kappa shape index (κ3) is 3.57. The van der Waals surface area contributed by atoms with Crippen LogP contribution < -0.4 is 10.6 Å². The first-order chi connectivity index (χ1) is 15.2. The predicted octanol–water partition coefficient (Wildman–Crippen LogP) is 2.64. The number of aliphatic imine (C=N–C) groups is 1. The molecule has 0 radical (unpaired) electrons. The number of rotatable bonds is 5. The minimum atomic E-state index is -1.19. The van der Waals surface area contributed by atoms with Gasteiger partial charge in [0.1, 0.15) is 0 Å². The van der Waals surface area contributed by atoms with Crippen molar-refractivity contribution in [1.29, 1.82) is 0 Å². The molecule has 168 valence electrons. The second kappa shape index (κ2) is 8.07. The molecule has 3 aromatic rings. The number of aromatic nitrogens is 2. The van der Waals surface area contributed by atoms with Crippen LogP contribution in [0.25, 0.3) is 16.7 Å². The Hall–Kier alpha value is -3.17. The van der Waals surface area contributed by atoms with E-state index in [1.54, 1.807) is 52.8 Å². The summed E-state index contributed by atoms with van der Waals surface area (Å²) in [6.07, 6.45) is -0.0783. The van der Waals surface area contributed by atoms with E-state index >= 15 is 4.39 Å². The van der Waals surface area contributed by atoms with Crippen LogP contribution >= 0.6 is 11.6 Å². The van der Waals surface area contributed by atoms with E-state index in [-0.39, 0.29) is 42.7 Å². The lowest BCUT2D eigenvalue weighted by atomic mass is 9.86. The number of nitrogens with zero attached hydrogens (tertiary/aromatic N) is 5. The minimum absolute atomic E-state index is 0.0424. The number of β-amino-alcohol motifs (C(OH)–C–C–N with tert-alkyl or cyclic N) is 1. The van der Waals surface area contributed by atoms with Gasteiger partial charge < -0.3 is 15.7 Å². The molecule has 0 bridgehead atoms. The number of carbonyl (C=O) groups excluding carboxylic acids is 1. The quantitative estimate of drug-likeness (QED) is 0.612. The van der Waals surface area contributed by atoms with Crippen molar-refractivity contribution in [2.24, 2.45) is 10.7 Å². The normalized spacial score (nSPS) is 18.9. The highest BCUT2D eigenvalue weighted by molar-refractivity contribution is 6.31. The number of imidazole rings is 1. The molecule has 3 N–H and O–H groups in total. The highest BCUT2D eigenvalue weighted by atomic mass is 35.5. The Balaban J connectivity index is 1.91. The molecule has 1 aromatic heterocycles. The lowest BCUT2D eigenvalue weighted by molar-refractivity contribution is -0.129. The van der Waals surface area contributed by atoms with Crippen LogP contribution in [-0.2, 0) is 10.3 Å². The molecule has 10 heteroatoms. The maximum Gasteiger partial charge on any atom is 0.232 e. The third-order valence-corrected chi connectivity index (χ3v) is 5.79. The summed E-state index contributed by atoms with van der Waals surface area (Å²) < 4.78 is 17.8. The van der Waals surface area contributed by atoms with Crippen molar-refractivity contribution in [2.75, 3.05) is 32.1 Å². The summed E-state index contributed by atoms with van der Waals surface area (Å²) >= 11 is 6.21. The first-order valence-corrected chi connectivity index (χ1v) is 10.5. The first kappa shape index (κ1) is 22.0. The largest absolute Gasteiger partial charge is 0.395 e. The third-order valence-electron chi connectivity index (χ3n) is 5.56. The molecule has 0 saturated heterocycles. The second-order valence-electron chi connectivity index (χ2n) is 8.10. The summed E-state index contributed by atoms with van der Waals surface area (Å²) in [5, 5.41) is 9.68. The fourth-order valence-corrected chi connectivity index (χ4v) is 4.21. The van der Waals surface area contributed by atoms with Crippen LogP contribution in [0.5, 0.6) is 0 Å². The number of guanidine groups is 1. The highest BCUT2D eigenvalue weighted by Gasteiger charge is 2.39. The maximum absolute atomic E-state index is 16.1. The van der Waals surface area contributed by atoms with Gasteiger partial charge >= 0.3 is 0 Å². The molecule has 2 aromatic carbocycles. The van der Waals surface area contributed by atoms with Crippen molar-refractivity contribution in [1.82, 2.24) is 14.5 Å². The van der Waals surface area contributed by atoms with Crippen molar-refractivity contribution in [3.63, 3.8) is 0 Å². The molecular weight excluding hydrogens is 435 g/mol. The van der Waals surface area contributed by atoms with Crippen LogP contribution in [0.2, 0.25) is 5.02 Å². The average Bonchev–Trinajstić information content (AvgIpc) is 3.09. The van der Waals surface area contributed by atoms with E-state index in [9.17, 15) is 9.90 Å². The van der Waals surface area contributed by atoms with Gasteiger partial charge in [-0.05, 0) is 31.2 Å². The second-order valence-corrected chi connectivity index (χ2v) is 8.54. The molecule has 1 amide bonds. The number of hydrogen-bond acceptors (Lipinski definition) is 6. The molecule has 2 heterocycles. The molecule has 0 unspecified atom stereocenters. The highest BCUT2D eigenvalue weighted by Crippen LogP contribution is 2.38. The predicted molar refractivity (Wildman–Crippen MR) is 123 cm³/mol. The summed E-state index contributed by atoms with van der Waals surface area (Å²) in [5.41, 5.74) is 6.62. The van der Waals surface area contributed by atoms with E-state index in [1.165, 1.54) is 4.90 Å². The minimum Gasteiger partial charge on any atom is -0.395 e. The van der Waals surface area contributed by atoms with Gasteiger partial charge in [0.2, 0.25) is 11.9 Å². The van der Waals surface area contributed by atoms with Gasteiger partial charge in [-0.3, -0.25) is 14.3 Å². The van der Waals surface area contributed by atoms with E-state index in [4.69, 9.17) is 17.3 Å². The van der Waals surface area contributed by atoms with Crippen molar-refractivity contribution < 1.29 is 14.3 Å². The van der Waals surface area contributed by atoms with E-state index < -0.39 is 11.4 Å². The lowest BCUT2D eigenvalue weighted by Crippen LogP contribution is -2.50. The number of aliphatic hydroxyl groups excluding tert-OH is 1. The van der Waals surface area contributed by atoms with Crippen LogP contribution in [0.15, 0.2) is 41.4 Å². The van der Waals surface area contributed by atoms with Gasteiger partial charge in [0, 0.05) is 24.7 Å². The van der Waals surface area contributed by atoms with Gasteiger partial charge in [-0.1, -0.05) is 23.7 Å². The molecule has 0 fully saturated rings. The smallest absolute Gasteiger partial charge is 0.232 e. The zero-order valence-electron chi connectivity index (χ0n) is 18.0. The molecule has 8 nitrogen and oxygen atoms in total. The maximum atomic E-state index is 16.1. The fraction of sp³-hybridized carbons (Fsp3) is 0.318. The van der Waals surface area contributed by atoms with E-state index in [2.05, 4.69) is 9.98 Å². The van der Waals surface area contributed by atoms with Gasteiger partial charge in [-0.25, -0.2) is 14.4 Å². The van der Waals surface area contributed by atoms with Crippen molar-refractivity contribution in [3.05, 3.63) is 52.8 Å². The molecular formula is C22H24ClFN6O2. The summed E-state index contributed by atoms with van der Waals surface area (Å²) in [5.74, 6) is -0.373. The Bertz CT molecular complexity index is 1240. The number of anilines is 1. The number of halogens is 2. The van der Waals surface area contributed by atoms with Gasteiger partial charge in [0.15, 0.2) is 11.8 Å². The Morgan fingerprint density at radius 3 is 2.72 bits per heavy atom. The Morgan fingerprint density at radius 1 is 1.31 bits per heavy atom. The molecule has 32 heavy (non-hydrogen) atoms. The molecule has 1 atom stereocenters. The number of aliphatic hydroxyl groups is 1. The standard InChI is InChI=1S/C22H24ClFN6O2/c1-22(12-18(32)29(9-10-31)20(25)27-22)14-5-4-6-16(19(14)24)30-17-11-13(23)7-8-15(17)26-21(30)28(2)3/h4-8,11,31H,9-10,12H2,1-3H3,(H2,25,27)/t22-/m0/s1. The molecule has 0 spiro atoms. The van der Waals surface area contributed by atoms with Crippen LogP contribution in [0.1, 0.15) is 18.9 Å². The molecule has 0 saturated carbocycles. The fourth-order valence-electron chi connectivity index (χ4n) is 4.05. The number of amides is 1. The van der Waals surface area contributed by atoms with E-state index in [0.717, 1.165) is 0 Å². The van der Waals surface area contributed by atoms with Crippen LogP contribution in [0, 0.1) is 5.82 Å². The molecule has 1 aliphatic heterocycles. The summed E-state index contributed by atoms with van der Waals surface area (Å²) in [6, 6.07) is 10.2. The lowest BCUT2D eigenvalue weighted by Gasteiger charge is -2.35. The zero-order valence-corrected chi connectivity index (χ0v) is 18.8. The summed E-state index contributed by atoms with van der Waals surface area (Å²) in [7, 11) is 3.64. The van der Waals surface area contributed by atoms with Crippen molar-refractivity contribution in [2.45, 2.75) is 18.9 Å². The van der Waals surface area contributed by atoms with Gasteiger partial charge in [0.05, 0.1) is 41.8 Å². The van der Waals surface area contributed by atoms with Crippen molar-refractivity contribution in [3.8, 4) is 5.69 Å². The Morgan fingerprint density at radius 2 is 2.06 bits per heavy atom. The molecule has 1 aliphatic rings. The number of hydrogen-bond donors (Lipinski definition) is 2. The average molecular weight is 459 g/mol. The first-order valence-electron chi connectivity index (χ1n) is 10.1. The van der Waals surface area contributed by atoms with Gasteiger partial charge in [0.25, 0.3) is 0 Å². The number of carbonyl (C=O) groups is 1. The van der Waals surface area contributed by atoms with Crippen molar-refractivity contribution >= 4 is 40.4 Å². The van der Waals surface area contributed by atoms with Crippen LogP contribution in [0.3, 0.4) is 0 Å². The zero-order chi connectivity index (χ0) is 23.2. The van der Waals surface area contributed by atoms with Crippen LogP contribution in [0.4, 0.5) is 10.3 Å². The van der Waals surface area contributed by atoms with Gasteiger partial charge in [-0.15, -0.1) is 0 Å². The number of benzene rings is 2.